The summed E-state index contributed by atoms with van der Waals surface area (Å²) >= 11 is 0. The molecule has 0 bridgehead atoms. The molecule has 1 fully saturated rings. The molecule has 3 rings (SSSR count). The van der Waals surface area contributed by atoms with Crippen molar-refractivity contribution in [1.29, 1.82) is 0 Å². The van der Waals surface area contributed by atoms with Gasteiger partial charge in [0.2, 0.25) is 5.92 Å². The lowest BCUT2D eigenvalue weighted by molar-refractivity contribution is -0.0452. The van der Waals surface area contributed by atoms with Crippen LogP contribution in [0.3, 0.4) is 0 Å². The Balaban J connectivity index is 1.66. The third-order valence-electron chi connectivity index (χ3n) is 4.25. The fourth-order valence-electron chi connectivity index (χ4n) is 2.84. The zero-order chi connectivity index (χ0) is 16.4. The summed E-state index contributed by atoms with van der Waals surface area (Å²) in [5.41, 5.74) is 0.0665. The molecule has 0 aliphatic heterocycles. The molecule has 23 heavy (non-hydrogen) atoms. The van der Waals surface area contributed by atoms with Crippen molar-refractivity contribution in [1.82, 2.24) is 5.32 Å². The lowest BCUT2D eigenvalue weighted by atomic mass is 9.87. The Morgan fingerprint density at radius 3 is 2.70 bits per heavy atom. The number of amides is 1. The smallest absolute Gasteiger partial charge is 0.287 e. The van der Waals surface area contributed by atoms with Gasteiger partial charge in [-0.05, 0) is 30.9 Å². The standard InChI is InChI=1S/C17H17F2NO3/c18-17(19)7-5-11(6-8-17)10-20-16(22)15-9-13(21)12-3-1-2-4-14(12)23-15/h1-4,9,11H,5-8,10H2,(H,20,22). The molecule has 0 unspecified atom stereocenters. The van der Waals surface area contributed by atoms with Gasteiger partial charge in [0.05, 0.1) is 5.39 Å². The summed E-state index contributed by atoms with van der Waals surface area (Å²) < 4.78 is 31.6. The largest absolute Gasteiger partial charge is 0.451 e. The highest BCUT2D eigenvalue weighted by Crippen LogP contribution is 2.35. The second-order valence-corrected chi connectivity index (χ2v) is 5.98. The van der Waals surface area contributed by atoms with E-state index >= 15 is 0 Å². The van der Waals surface area contributed by atoms with Gasteiger partial charge in [-0.15, -0.1) is 0 Å². The molecule has 1 aliphatic carbocycles. The van der Waals surface area contributed by atoms with Crippen LogP contribution < -0.4 is 10.7 Å². The summed E-state index contributed by atoms with van der Waals surface area (Å²) in [5, 5.41) is 3.09. The van der Waals surface area contributed by atoms with E-state index in [2.05, 4.69) is 5.32 Å². The fraction of sp³-hybridized carbons (Fsp3) is 0.412. The average Bonchev–Trinajstić information content (AvgIpc) is 2.53. The van der Waals surface area contributed by atoms with Crippen molar-refractivity contribution < 1.29 is 18.0 Å². The predicted octanol–water partition coefficient (Wildman–Crippen LogP) is 3.35. The Hall–Kier alpha value is -2.24. The Bertz CT molecular complexity index is 775. The molecule has 0 radical (unpaired) electrons. The van der Waals surface area contributed by atoms with Gasteiger partial charge in [-0.1, -0.05) is 12.1 Å². The van der Waals surface area contributed by atoms with E-state index in [1.807, 2.05) is 0 Å². The van der Waals surface area contributed by atoms with Crippen molar-refractivity contribution in [2.24, 2.45) is 5.92 Å². The maximum absolute atomic E-state index is 13.1. The van der Waals surface area contributed by atoms with Gasteiger partial charge in [-0.2, -0.15) is 0 Å². The van der Waals surface area contributed by atoms with E-state index in [-0.39, 0.29) is 29.9 Å². The summed E-state index contributed by atoms with van der Waals surface area (Å²) in [6, 6.07) is 7.85. The van der Waals surface area contributed by atoms with E-state index in [1.165, 1.54) is 0 Å². The van der Waals surface area contributed by atoms with Crippen LogP contribution in [0.2, 0.25) is 0 Å². The van der Waals surface area contributed by atoms with Crippen LogP contribution in [-0.2, 0) is 0 Å². The van der Waals surface area contributed by atoms with Gasteiger partial charge in [0.25, 0.3) is 5.91 Å². The molecule has 1 amide bonds. The molecular weight excluding hydrogens is 304 g/mol. The first-order valence-corrected chi connectivity index (χ1v) is 7.63. The summed E-state index contributed by atoms with van der Waals surface area (Å²) in [5.74, 6) is -3.10. The third kappa shape index (κ3) is 3.57. The second kappa shape index (κ2) is 6.10. The molecule has 1 aliphatic rings. The lowest BCUT2D eigenvalue weighted by Crippen LogP contribution is -2.34. The molecule has 1 aromatic heterocycles. The first-order chi connectivity index (χ1) is 10.9. The maximum atomic E-state index is 13.1. The van der Waals surface area contributed by atoms with Crippen LogP contribution in [0.4, 0.5) is 8.78 Å². The van der Waals surface area contributed by atoms with E-state index in [4.69, 9.17) is 4.42 Å². The molecule has 0 spiro atoms. The van der Waals surface area contributed by atoms with Crippen LogP contribution in [0.5, 0.6) is 0 Å². The van der Waals surface area contributed by atoms with Crippen molar-refractivity contribution >= 4 is 16.9 Å². The average molecular weight is 321 g/mol. The molecule has 2 aromatic rings. The SMILES string of the molecule is O=C(NCC1CCC(F)(F)CC1)c1cc(=O)c2ccccc2o1. The molecule has 6 heteroatoms. The number of hydrogen-bond donors (Lipinski definition) is 1. The number of carbonyl (C=O) groups is 1. The number of nitrogens with one attached hydrogen (secondary N) is 1. The lowest BCUT2D eigenvalue weighted by Gasteiger charge is -2.28. The van der Waals surface area contributed by atoms with Crippen LogP contribution in [0.1, 0.15) is 36.2 Å². The number of carbonyl (C=O) groups excluding carboxylic acids is 1. The number of alkyl halides is 2. The zero-order valence-corrected chi connectivity index (χ0v) is 12.5. The number of para-hydroxylation sites is 1. The minimum Gasteiger partial charge on any atom is -0.451 e. The van der Waals surface area contributed by atoms with Crippen molar-refractivity contribution in [2.45, 2.75) is 31.6 Å². The van der Waals surface area contributed by atoms with Crippen molar-refractivity contribution in [3.8, 4) is 0 Å². The summed E-state index contributed by atoms with van der Waals surface area (Å²) in [6.45, 7) is 0.311. The topological polar surface area (TPSA) is 59.3 Å². The summed E-state index contributed by atoms with van der Waals surface area (Å²) in [7, 11) is 0. The normalized spacial score (nSPS) is 18.0. The van der Waals surface area contributed by atoms with Crippen LogP contribution in [0.25, 0.3) is 11.0 Å². The Kier molecular flexibility index (Phi) is 4.15. The first kappa shape index (κ1) is 15.6. The van der Waals surface area contributed by atoms with Crippen LogP contribution in [0, 0.1) is 5.92 Å². The Morgan fingerprint density at radius 1 is 1.26 bits per heavy atom. The maximum Gasteiger partial charge on any atom is 0.287 e. The van der Waals surface area contributed by atoms with Crippen LogP contribution in [-0.4, -0.2) is 18.4 Å². The molecule has 1 saturated carbocycles. The van der Waals surface area contributed by atoms with Gasteiger partial charge >= 0.3 is 0 Å². The Labute approximate surface area is 131 Å². The highest BCUT2D eigenvalue weighted by Gasteiger charge is 2.34. The van der Waals surface area contributed by atoms with E-state index in [0.29, 0.717) is 30.4 Å². The van der Waals surface area contributed by atoms with Gasteiger partial charge in [0.15, 0.2) is 11.2 Å². The van der Waals surface area contributed by atoms with Gasteiger partial charge in [0.1, 0.15) is 5.58 Å². The minimum absolute atomic E-state index is 0.0331. The number of fused-ring (bicyclic) bond motifs is 1. The fourth-order valence-corrected chi connectivity index (χ4v) is 2.84. The number of hydrogen-bond acceptors (Lipinski definition) is 3. The van der Waals surface area contributed by atoms with Crippen LogP contribution >= 0.6 is 0 Å². The molecule has 1 N–H and O–H groups in total. The molecule has 0 saturated heterocycles. The Morgan fingerprint density at radius 2 is 1.96 bits per heavy atom. The van der Waals surface area contributed by atoms with Gasteiger partial charge < -0.3 is 9.73 Å². The molecule has 0 atom stereocenters. The van der Waals surface area contributed by atoms with E-state index in [1.54, 1.807) is 24.3 Å². The highest BCUT2D eigenvalue weighted by atomic mass is 19.3. The summed E-state index contributed by atoms with van der Waals surface area (Å²) in [6.07, 6.45) is 0.487. The second-order valence-electron chi connectivity index (χ2n) is 5.98. The third-order valence-corrected chi connectivity index (χ3v) is 4.25. The molecule has 4 nitrogen and oxygen atoms in total. The predicted molar refractivity (Wildman–Crippen MR) is 81.7 cm³/mol. The van der Waals surface area contributed by atoms with Crippen molar-refractivity contribution in [2.75, 3.05) is 6.54 Å². The zero-order valence-electron chi connectivity index (χ0n) is 12.5. The van der Waals surface area contributed by atoms with E-state index in [9.17, 15) is 18.4 Å². The molecular formula is C17H17F2NO3. The monoisotopic (exact) mass is 321 g/mol. The van der Waals surface area contributed by atoms with Crippen molar-refractivity contribution in [3.63, 3.8) is 0 Å². The molecule has 122 valence electrons. The van der Waals surface area contributed by atoms with E-state index < -0.39 is 11.8 Å². The van der Waals surface area contributed by atoms with Gasteiger partial charge in [-0.3, -0.25) is 9.59 Å². The molecule has 1 aromatic carbocycles. The molecule has 1 heterocycles. The number of halogens is 2. The number of benzene rings is 1. The van der Waals surface area contributed by atoms with Gasteiger partial charge in [0, 0.05) is 25.5 Å². The minimum atomic E-state index is -2.58. The first-order valence-electron chi connectivity index (χ1n) is 7.63. The van der Waals surface area contributed by atoms with Crippen LogP contribution in [0.15, 0.2) is 39.5 Å². The number of rotatable bonds is 3. The van der Waals surface area contributed by atoms with Gasteiger partial charge in [-0.25, -0.2) is 8.78 Å². The quantitative estimate of drug-likeness (QED) is 0.943. The highest BCUT2D eigenvalue weighted by molar-refractivity contribution is 5.93. The summed E-state index contributed by atoms with van der Waals surface area (Å²) in [4.78, 5) is 24.1. The van der Waals surface area contributed by atoms with Crippen molar-refractivity contribution in [3.05, 3.63) is 46.3 Å². The van der Waals surface area contributed by atoms with E-state index in [0.717, 1.165) is 6.07 Å².